The summed E-state index contributed by atoms with van der Waals surface area (Å²) in [6, 6.07) is 20.8. The summed E-state index contributed by atoms with van der Waals surface area (Å²) in [4.78, 5) is 0. The van der Waals surface area contributed by atoms with E-state index in [1.807, 2.05) is 12.1 Å². The Hall–Kier alpha value is -1.62. The summed E-state index contributed by atoms with van der Waals surface area (Å²) in [5, 5.41) is 21.5. The monoisotopic (exact) mass is 216 g/mol. The number of hydrogen-bond acceptors (Lipinski definition) is 3. The highest BCUT2D eigenvalue weighted by Crippen LogP contribution is 2.17. The normalized spacial score (nSPS) is 8.94. The topological polar surface area (TPSA) is 60.7 Å². The van der Waals surface area contributed by atoms with E-state index in [1.54, 1.807) is 0 Å². The summed E-state index contributed by atoms with van der Waals surface area (Å²) in [6.07, 6.45) is 0. The molecule has 2 aromatic rings. The molecule has 3 N–H and O–H groups in total. The van der Waals surface area contributed by atoms with Crippen LogP contribution in [0.1, 0.15) is 0 Å². The molecular weight excluding hydrogens is 203 g/mol. The van der Waals surface area contributed by atoms with E-state index in [-0.39, 0.29) is 0 Å². The highest BCUT2D eigenvalue weighted by atomic mass is 16.5. The Labute approximate surface area is 94.8 Å². The minimum absolute atomic E-state index is 1.28. The van der Waals surface area contributed by atoms with Gasteiger partial charge in [0.1, 0.15) is 0 Å². The number of benzene rings is 2. The molecule has 0 bridgehead atoms. The Bertz CT molecular complexity index is 349. The second-order valence-electron chi connectivity index (χ2n) is 3.08. The van der Waals surface area contributed by atoms with Crippen molar-refractivity contribution in [1.82, 2.24) is 0 Å². The van der Waals surface area contributed by atoms with E-state index in [0.29, 0.717) is 0 Å². The zero-order valence-corrected chi connectivity index (χ0v) is 8.69. The van der Waals surface area contributed by atoms with Crippen LogP contribution < -0.4 is 0 Å². The van der Waals surface area contributed by atoms with Gasteiger partial charge in [0.2, 0.25) is 0 Å². The second kappa shape index (κ2) is 6.79. The van der Waals surface area contributed by atoms with Crippen LogP contribution in [0.25, 0.3) is 11.1 Å². The lowest BCUT2D eigenvalue weighted by Crippen LogP contribution is -2.07. The summed E-state index contributed by atoms with van der Waals surface area (Å²) in [7, 11) is -2.17. The zero-order chi connectivity index (χ0) is 11.8. The maximum atomic E-state index is 7.17. The van der Waals surface area contributed by atoms with Crippen LogP contribution in [0.15, 0.2) is 60.7 Å². The van der Waals surface area contributed by atoms with E-state index in [9.17, 15) is 0 Å². The van der Waals surface area contributed by atoms with Crippen LogP contribution >= 0.6 is 0 Å². The van der Waals surface area contributed by atoms with Crippen molar-refractivity contribution in [1.29, 1.82) is 0 Å². The summed E-state index contributed by atoms with van der Waals surface area (Å²) < 4.78 is 0. The Morgan fingerprint density at radius 3 is 1.06 bits per heavy atom. The Morgan fingerprint density at radius 1 is 0.562 bits per heavy atom. The third kappa shape index (κ3) is 4.75. The lowest BCUT2D eigenvalue weighted by atomic mass is 10.1. The average Bonchev–Trinajstić information content (AvgIpc) is 2.31. The van der Waals surface area contributed by atoms with Crippen LogP contribution in [0.5, 0.6) is 0 Å². The van der Waals surface area contributed by atoms with Gasteiger partial charge < -0.3 is 15.1 Å². The van der Waals surface area contributed by atoms with Crippen molar-refractivity contribution in [3.8, 4) is 11.1 Å². The van der Waals surface area contributed by atoms with Gasteiger partial charge >= 0.3 is 7.32 Å². The average molecular weight is 216 g/mol. The smallest absolute Gasteiger partial charge is 0.402 e. The molecule has 0 amide bonds. The van der Waals surface area contributed by atoms with E-state index in [0.717, 1.165) is 0 Å². The minimum Gasteiger partial charge on any atom is -0.402 e. The van der Waals surface area contributed by atoms with Gasteiger partial charge in [-0.05, 0) is 11.1 Å². The lowest BCUT2D eigenvalue weighted by molar-refractivity contribution is 0.278. The minimum atomic E-state index is -2.17. The molecule has 0 saturated heterocycles. The van der Waals surface area contributed by atoms with Gasteiger partial charge in [-0.15, -0.1) is 0 Å². The molecule has 2 rings (SSSR count). The third-order valence-electron chi connectivity index (χ3n) is 1.88. The van der Waals surface area contributed by atoms with Crippen LogP contribution in [-0.4, -0.2) is 22.4 Å². The molecule has 82 valence electrons. The van der Waals surface area contributed by atoms with Crippen molar-refractivity contribution in [2.24, 2.45) is 0 Å². The molecule has 0 aliphatic rings. The van der Waals surface area contributed by atoms with Crippen molar-refractivity contribution in [3.63, 3.8) is 0 Å². The first-order valence-electron chi connectivity index (χ1n) is 4.85. The highest BCUT2D eigenvalue weighted by Gasteiger charge is 1.93. The van der Waals surface area contributed by atoms with Crippen LogP contribution in [0.4, 0.5) is 0 Å². The molecule has 2 aromatic carbocycles. The van der Waals surface area contributed by atoms with Crippen LogP contribution in [-0.2, 0) is 0 Å². The third-order valence-corrected chi connectivity index (χ3v) is 1.88. The van der Waals surface area contributed by atoms with Crippen LogP contribution in [0, 0.1) is 0 Å². The molecule has 0 aliphatic heterocycles. The predicted molar refractivity (Wildman–Crippen MR) is 64.3 cm³/mol. The fourth-order valence-corrected chi connectivity index (χ4v) is 1.26. The molecule has 16 heavy (non-hydrogen) atoms. The second-order valence-corrected chi connectivity index (χ2v) is 3.08. The first-order chi connectivity index (χ1) is 7.70. The van der Waals surface area contributed by atoms with Gasteiger partial charge in [-0.25, -0.2) is 0 Å². The fourth-order valence-electron chi connectivity index (χ4n) is 1.26. The van der Waals surface area contributed by atoms with Crippen LogP contribution in [0.2, 0.25) is 0 Å². The van der Waals surface area contributed by atoms with Crippen molar-refractivity contribution >= 4 is 7.32 Å². The molecule has 0 fully saturated rings. The Morgan fingerprint density at radius 2 is 0.812 bits per heavy atom. The lowest BCUT2D eigenvalue weighted by Gasteiger charge is -1.98. The molecular formula is C12H13BO3. The van der Waals surface area contributed by atoms with Gasteiger partial charge in [-0.2, -0.15) is 0 Å². The first-order valence-corrected chi connectivity index (χ1v) is 4.85. The Balaban J connectivity index is 0.000000280. The molecule has 0 unspecified atom stereocenters. The van der Waals surface area contributed by atoms with Crippen molar-refractivity contribution in [3.05, 3.63) is 60.7 Å². The van der Waals surface area contributed by atoms with Crippen molar-refractivity contribution in [2.45, 2.75) is 0 Å². The number of rotatable bonds is 1. The molecule has 0 radical (unpaired) electrons. The Kier molecular flexibility index (Phi) is 5.29. The zero-order valence-electron chi connectivity index (χ0n) is 8.69. The SMILES string of the molecule is OB(O)O.c1ccc(-c2ccccc2)cc1. The van der Waals surface area contributed by atoms with Crippen LogP contribution in [0.3, 0.4) is 0 Å². The molecule has 0 aliphatic carbocycles. The number of hydrogen-bond donors (Lipinski definition) is 3. The quantitative estimate of drug-likeness (QED) is 0.629. The molecule has 3 nitrogen and oxygen atoms in total. The van der Waals surface area contributed by atoms with Gasteiger partial charge in [-0.1, -0.05) is 60.7 Å². The van der Waals surface area contributed by atoms with E-state index in [1.165, 1.54) is 11.1 Å². The largest absolute Gasteiger partial charge is 0.631 e. The van der Waals surface area contributed by atoms with E-state index in [4.69, 9.17) is 15.1 Å². The molecule has 0 heterocycles. The highest BCUT2D eigenvalue weighted by molar-refractivity contribution is 6.30. The molecule has 4 heteroatoms. The van der Waals surface area contributed by atoms with E-state index < -0.39 is 7.32 Å². The maximum Gasteiger partial charge on any atom is 0.631 e. The summed E-state index contributed by atoms with van der Waals surface area (Å²) >= 11 is 0. The summed E-state index contributed by atoms with van der Waals surface area (Å²) in [6.45, 7) is 0. The van der Waals surface area contributed by atoms with Crippen molar-refractivity contribution in [2.75, 3.05) is 0 Å². The van der Waals surface area contributed by atoms with Gasteiger partial charge in [0.05, 0.1) is 0 Å². The molecule has 0 saturated carbocycles. The van der Waals surface area contributed by atoms with Crippen molar-refractivity contribution < 1.29 is 15.1 Å². The molecule has 0 spiro atoms. The maximum absolute atomic E-state index is 7.17. The van der Waals surface area contributed by atoms with Gasteiger partial charge in [0.15, 0.2) is 0 Å². The molecule has 0 atom stereocenters. The van der Waals surface area contributed by atoms with Gasteiger partial charge in [-0.3, -0.25) is 0 Å². The van der Waals surface area contributed by atoms with Gasteiger partial charge in [0.25, 0.3) is 0 Å². The standard InChI is InChI=1S/C12H10.BH3O3/c1-3-7-11(8-4-1)12-9-5-2-6-10-12;2-1(3)4/h1-10H;2-4H. The van der Waals surface area contributed by atoms with E-state index in [2.05, 4.69) is 48.5 Å². The summed E-state index contributed by atoms with van der Waals surface area (Å²) in [5.41, 5.74) is 2.55. The van der Waals surface area contributed by atoms with E-state index >= 15 is 0 Å². The van der Waals surface area contributed by atoms with Gasteiger partial charge in [0, 0.05) is 0 Å². The fraction of sp³-hybridized carbons (Fsp3) is 0. The molecule has 0 aromatic heterocycles. The predicted octanol–water partition coefficient (Wildman–Crippen LogP) is 1.30. The summed E-state index contributed by atoms with van der Waals surface area (Å²) in [5.74, 6) is 0. The first kappa shape index (κ1) is 12.5.